The normalized spacial score (nSPS) is 18.6. The first-order valence-electron chi connectivity index (χ1n) is 9.57. The van der Waals surface area contributed by atoms with E-state index in [-0.39, 0.29) is 17.4 Å². The summed E-state index contributed by atoms with van der Waals surface area (Å²) in [7, 11) is 0. The van der Waals surface area contributed by atoms with Gasteiger partial charge in [0.05, 0.1) is 11.1 Å². The van der Waals surface area contributed by atoms with E-state index in [0.717, 1.165) is 23.2 Å². The fourth-order valence-corrected chi connectivity index (χ4v) is 4.11. The molecule has 2 N–H and O–H groups in total. The molecule has 4 nitrogen and oxygen atoms in total. The number of fused-ring (bicyclic) bond motifs is 1. The van der Waals surface area contributed by atoms with Crippen LogP contribution in [0.3, 0.4) is 0 Å². The summed E-state index contributed by atoms with van der Waals surface area (Å²) in [5, 5.41) is 6.14. The highest BCUT2D eigenvalue weighted by atomic mass is 19.1. The van der Waals surface area contributed by atoms with Gasteiger partial charge in [0.1, 0.15) is 5.82 Å². The Kier molecular flexibility index (Phi) is 4.98. The van der Waals surface area contributed by atoms with Gasteiger partial charge in [-0.2, -0.15) is 0 Å². The summed E-state index contributed by atoms with van der Waals surface area (Å²) in [6.07, 6.45) is 1.83. The zero-order valence-corrected chi connectivity index (χ0v) is 15.6. The van der Waals surface area contributed by atoms with E-state index in [4.69, 9.17) is 4.74 Å². The Morgan fingerprint density at radius 3 is 2.63 bits per heavy atom. The van der Waals surface area contributed by atoms with Gasteiger partial charge < -0.3 is 15.4 Å². The minimum atomic E-state index is -0.685. The number of benzene rings is 2. The van der Waals surface area contributed by atoms with Gasteiger partial charge in [0.15, 0.2) is 0 Å². The summed E-state index contributed by atoms with van der Waals surface area (Å²) in [4.78, 5) is 13.3. The lowest BCUT2D eigenvalue weighted by molar-refractivity contribution is -0.125. The first-order valence-corrected chi connectivity index (χ1v) is 9.57. The molecule has 1 amide bonds. The van der Waals surface area contributed by atoms with Crippen molar-refractivity contribution >= 4 is 11.6 Å². The molecule has 5 heteroatoms. The fraction of sp³-hybridized carbons (Fsp3) is 0.409. The minimum Gasteiger partial charge on any atom is -0.381 e. The van der Waals surface area contributed by atoms with Crippen LogP contribution in [0.25, 0.3) is 0 Å². The average molecular weight is 368 g/mol. The Morgan fingerprint density at radius 2 is 1.89 bits per heavy atom. The van der Waals surface area contributed by atoms with Crippen molar-refractivity contribution in [3.63, 3.8) is 0 Å². The molecule has 1 fully saturated rings. The summed E-state index contributed by atoms with van der Waals surface area (Å²) in [5.41, 5.74) is 3.39. The third-order valence-corrected chi connectivity index (χ3v) is 5.84. The number of halogens is 1. The van der Waals surface area contributed by atoms with E-state index in [9.17, 15) is 9.18 Å². The highest BCUT2D eigenvalue weighted by molar-refractivity contribution is 5.99. The molecule has 0 spiro atoms. The third kappa shape index (κ3) is 3.37. The lowest BCUT2D eigenvalue weighted by Gasteiger charge is -2.36. The maximum atomic E-state index is 15.0. The van der Waals surface area contributed by atoms with Crippen molar-refractivity contribution in [2.75, 3.05) is 25.1 Å². The number of ether oxygens (including phenoxy) is 1. The van der Waals surface area contributed by atoms with Gasteiger partial charge in [0.2, 0.25) is 5.91 Å². The molecule has 0 bridgehead atoms. The lowest BCUT2D eigenvalue weighted by atomic mass is 9.73. The highest BCUT2D eigenvalue weighted by Gasteiger charge is 2.42. The molecule has 2 aliphatic rings. The Bertz CT molecular complexity index is 842. The van der Waals surface area contributed by atoms with E-state index in [1.165, 1.54) is 0 Å². The van der Waals surface area contributed by atoms with E-state index in [1.54, 1.807) is 6.07 Å². The van der Waals surface area contributed by atoms with Gasteiger partial charge >= 0.3 is 0 Å². The molecule has 0 radical (unpaired) electrons. The van der Waals surface area contributed by atoms with Crippen LogP contribution in [0.2, 0.25) is 0 Å². The molecule has 2 aromatic carbocycles. The second-order valence-electron chi connectivity index (χ2n) is 7.51. The quantitative estimate of drug-likeness (QED) is 0.872. The molecule has 0 unspecified atom stereocenters. The number of nitrogens with one attached hydrogen (secondary N) is 2. The van der Waals surface area contributed by atoms with Crippen LogP contribution in [-0.2, 0) is 27.9 Å². The molecular formula is C22H25FN2O2. The van der Waals surface area contributed by atoms with Crippen molar-refractivity contribution in [3.8, 4) is 0 Å². The summed E-state index contributed by atoms with van der Waals surface area (Å²) in [5.74, 6) is -0.448. The zero-order chi connectivity index (χ0) is 18.9. The van der Waals surface area contributed by atoms with Crippen molar-refractivity contribution in [2.45, 2.75) is 38.1 Å². The van der Waals surface area contributed by atoms with Gasteiger partial charge in [-0.3, -0.25) is 4.79 Å². The number of anilines is 1. The summed E-state index contributed by atoms with van der Waals surface area (Å²) in [6, 6.07) is 11.6. The molecule has 2 aromatic rings. The number of carbonyl (C=O) groups excluding carboxylic acids is 1. The Hall–Kier alpha value is -2.24. The summed E-state index contributed by atoms with van der Waals surface area (Å²) < 4.78 is 20.5. The predicted octanol–water partition coefficient (Wildman–Crippen LogP) is 3.47. The van der Waals surface area contributed by atoms with Crippen molar-refractivity contribution in [1.82, 2.24) is 5.32 Å². The number of aryl methyl sites for hydroxylation is 1. The van der Waals surface area contributed by atoms with Gasteiger partial charge in [0, 0.05) is 19.8 Å². The molecule has 0 saturated carbocycles. The van der Waals surface area contributed by atoms with Crippen LogP contribution in [0.1, 0.15) is 35.1 Å². The molecule has 142 valence electrons. The summed E-state index contributed by atoms with van der Waals surface area (Å²) >= 11 is 0. The first kappa shape index (κ1) is 18.1. The van der Waals surface area contributed by atoms with Crippen LogP contribution in [0.15, 0.2) is 36.4 Å². The third-order valence-electron chi connectivity index (χ3n) is 5.84. The van der Waals surface area contributed by atoms with Crippen LogP contribution in [0.5, 0.6) is 0 Å². The number of amides is 1. The fourth-order valence-electron chi connectivity index (χ4n) is 4.11. The smallest absolute Gasteiger partial charge is 0.235 e. The van der Waals surface area contributed by atoms with Crippen LogP contribution in [-0.4, -0.2) is 25.7 Å². The van der Waals surface area contributed by atoms with Gasteiger partial charge in [-0.15, -0.1) is 0 Å². The van der Waals surface area contributed by atoms with E-state index in [1.807, 2.05) is 37.3 Å². The number of hydrogen-bond acceptors (Lipinski definition) is 3. The average Bonchev–Trinajstić information content (AvgIpc) is 2.71. The maximum Gasteiger partial charge on any atom is 0.235 e. The molecule has 2 heterocycles. The van der Waals surface area contributed by atoms with Crippen molar-refractivity contribution in [3.05, 3.63) is 64.5 Å². The predicted molar refractivity (Wildman–Crippen MR) is 103 cm³/mol. The van der Waals surface area contributed by atoms with E-state index < -0.39 is 5.41 Å². The number of rotatable bonds is 3. The molecule has 27 heavy (non-hydrogen) atoms. The molecule has 0 aromatic heterocycles. The molecule has 0 atom stereocenters. The van der Waals surface area contributed by atoms with Crippen molar-refractivity contribution in [1.29, 1.82) is 0 Å². The molecule has 2 aliphatic heterocycles. The molecule has 4 rings (SSSR count). The monoisotopic (exact) mass is 368 g/mol. The van der Waals surface area contributed by atoms with Gasteiger partial charge in [-0.25, -0.2) is 4.39 Å². The zero-order valence-electron chi connectivity index (χ0n) is 15.6. The van der Waals surface area contributed by atoms with Gasteiger partial charge in [-0.05, 0) is 55.5 Å². The second-order valence-corrected chi connectivity index (χ2v) is 7.51. The standard InChI is InChI=1S/C22H25FN2O2/c1-15-2-5-17(6-3-15)22(9-12-27-13-10-22)21(26)25-19-7-4-16-14-24-11-8-18(16)20(19)23/h2-7,24H,8-14H2,1H3,(H,25,26). The number of hydrogen-bond donors (Lipinski definition) is 2. The number of carbonyl (C=O) groups is 1. The second kappa shape index (κ2) is 7.41. The first-order chi connectivity index (χ1) is 13.1. The molecular weight excluding hydrogens is 343 g/mol. The van der Waals surface area contributed by atoms with Gasteiger partial charge in [-0.1, -0.05) is 35.9 Å². The van der Waals surface area contributed by atoms with Gasteiger partial charge in [0.25, 0.3) is 0 Å². The van der Waals surface area contributed by atoms with Crippen LogP contribution in [0.4, 0.5) is 10.1 Å². The molecule has 1 saturated heterocycles. The Morgan fingerprint density at radius 1 is 1.15 bits per heavy atom. The maximum absolute atomic E-state index is 15.0. The van der Waals surface area contributed by atoms with Crippen molar-refractivity contribution in [2.24, 2.45) is 0 Å². The summed E-state index contributed by atoms with van der Waals surface area (Å²) in [6.45, 7) is 4.51. The van der Waals surface area contributed by atoms with Crippen LogP contribution >= 0.6 is 0 Å². The van der Waals surface area contributed by atoms with E-state index in [0.29, 0.717) is 44.6 Å². The lowest BCUT2D eigenvalue weighted by Crippen LogP contribution is -2.45. The highest BCUT2D eigenvalue weighted by Crippen LogP contribution is 2.37. The largest absolute Gasteiger partial charge is 0.381 e. The SMILES string of the molecule is Cc1ccc(C2(C(=O)Nc3ccc4c(c3F)CCNC4)CCOCC2)cc1. The Balaban J connectivity index is 1.66. The van der Waals surface area contributed by atoms with Crippen LogP contribution < -0.4 is 10.6 Å². The van der Waals surface area contributed by atoms with Crippen molar-refractivity contribution < 1.29 is 13.9 Å². The minimum absolute atomic E-state index is 0.151. The van der Waals surface area contributed by atoms with E-state index in [2.05, 4.69) is 10.6 Å². The topological polar surface area (TPSA) is 50.4 Å². The molecule has 0 aliphatic carbocycles. The van der Waals surface area contributed by atoms with Crippen LogP contribution in [0, 0.1) is 12.7 Å². The Labute approximate surface area is 159 Å². The van der Waals surface area contributed by atoms with E-state index >= 15 is 0 Å².